The van der Waals surface area contributed by atoms with Crippen LogP contribution >= 0.6 is 0 Å². The van der Waals surface area contributed by atoms with Crippen molar-refractivity contribution in [2.24, 2.45) is 29.1 Å². The van der Waals surface area contributed by atoms with E-state index in [2.05, 4.69) is 13.8 Å². The van der Waals surface area contributed by atoms with Crippen molar-refractivity contribution in [2.75, 3.05) is 26.9 Å². The molecule has 2 heterocycles. The summed E-state index contributed by atoms with van der Waals surface area (Å²) >= 11 is 0. The average Bonchev–Trinajstić information content (AvgIpc) is 3.12. The highest BCUT2D eigenvalue weighted by molar-refractivity contribution is 5.94. The smallest absolute Gasteiger partial charge is 0.309 e. The van der Waals surface area contributed by atoms with Crippen LogP contribution in [0.4, 0.5) is 0 Å². The number of hydrogen-bond acceptors (Lipinski definition) is 7. The highest BCUT2D eigenvalue weighted by atomic mass is 16.6. The van der Waals surface area contributed by atoms with Crippen molar-refractivity contribution in [1.82, 2.24) is 4.90 Å². The maximum absolute atomic E-state index is 13.8. The number of rotatable bonds is 3. The summed E-state index contributed by atoms with van der Waals surface area (Å²) in [4.78, 5) is 54.2. The van der Waals surface area contributed by atoms with Gasteiger partial charge >= 0.3 is 11.9 Å². The van der Waals surface area contributed by atoms with Gasteiger partial charge in [-0.15, -0.1) is 0 Å². The molecule has 0 aromatic rings. The first kappa shape index (κ1) is 28.4. The Morgan fingerprint density at radius 1 is 1.17 bits per heavy atom. The van der Waals surface area contributed by atoms with Crippen molar-refractivity contribution in [3.05, 3.63) is 12.2 Å². The maximum atomic E-state index is 13.8. The van der Waals surface area contributed by atoms with Crippen molar-refractivity contribution in [2.45, 2.75) is 84.8 Å². The van der Waals surface area contributed by atoms with Gasteiger partial charge in [0.15, 0.2) is 5.78 Å². The number of ether oxygens (including phenoxy) is 3. The van der Waals surface area contributed by atoms with E-state index in [-0.39, 0.29) is 54.4 Å². The van der Waals surface area contributed by atoms with Gasteiger partial charge in [0.1, 0.15) is 5.60 Å². The van der Waals surface area contributed by atoms with Crippen molar-refractivity contribution in [3.63, 3.8) is 0 Å². The van der Waals surface area contributed by atoms with Crippen molar-refractivity contribution >= 4 is 23.6 Å². The van der Waals surface area contributed by atoms with E-state index in [1.54, 1.807) is 25.7 Å². The number of Topliss-reactive ketones (excluding diaryl/α,β-unsaturated/α-hetero) is 1. The first-order chi connectivity index (χ1) is 16.9. The lowest BCUT2D eigenvalue weighted by atomic mass is 9.89. The Bertz CT molecular complexity index is 872. The van der Waals surface area contributed by atoms with Crippen LogP contribution in [-0.2, 0) is 33.4 Å². The number of amides is 1. The lowest BCUT2D eigenvalue weighted by Crippen LogP contribution is -2.49. The molecular formula is C28H43NO7. The molecule has 8 heteroatoms. The minimum absolute atomic E-state index is 0.0410. The zero-order valence-corrected chi connectivity index (χ0v) is 22.7. The summed E-state index contributed by atoms with van der Waals surface area (Å²) in [5.74, 6) is -2.18. The number of hydrogen-bond donors (Lipinski definition) is 0. The van der Waals surface area contributed by atoms with Crippen molar-refractivity contribution in [3.8, 4) is 0 Å². The molecule has 1 amide bonds. The standard InChI is InChI=1S/C28H43NO7/c1-27(2,3)36-22(31)15-19-17-35-13-11-9-7-8-10-12-18(26(33)34-6)14-21(30)24-23-20(28(23,4)5)16-29(24)25(19)32/h9,11,18-20,23-24H,7-8,10,12-17H2,1-6H3/t18-,19+,20+,23+,24-/m1/s1. The SMILES string of the molecule is COC(=O)[C@@H]1CCCCC=CCOC[C@H](CC(=O)OC(C)(C)C)C(=O)N2C[C@H]3[C@@H]([C@H]2C(=O)C1)C3(C)C. The maximum Gasteiger partial charge on any atom is 0.309 e. The fourth-order valence-electron chi connectivity index (χ4n) is 5.87. The molecule has 3 rings (SSSR count). The second-order valence-electron chi connectivity index (χ2n) is 12.1. The molecule has 1 saturated heterocycles. The molecule has 0 aromatic carbocycles. The fraction of sp³-hybridized carbons (Fsp3) is 0.786. The Hall–Kier alpha value is -2.22. The van der Waals surface area contributed by atoms with Gasteiger partial charge in [-0.2, -0.15) is 0 Å². The largest absolute Gasteiger partial charge is 0.469 e. The number of allylic oxidation sites excluding steroid dienone is 1. The number of methoxy groups -OCH3 is 1. The number of carbonyl (C=O) groups is 4. The third-order valence-electron chi connectivity index (χ3n) is 7.86. The molecule has 0 aromatic heterocycles. The number of carbonyl (C=O) groups excluding carboxylic acids is 4. The molecule has 3 aliphatic rings. The molecule has 2 aliphatic heterocycles. The number of nitrogens with zero attached hydrogens (tertiary/aromatic N) is 1. The van der Waals surface area contributed by atoms with E-state index in [1.165, 1.54) is 7.11 Å². The Morgan fingerprint density at radius 3 is 2.56 bits per heavy atom. The normalized spacial score (nSPS) is 31.4. The van der Waals surface area contributed by atoms with Crippen LogP contribution < -0.4 is 0 Å². The van der Waals surface area contributed by atoms with Crippen LogP contribution in [0.5, 0.6) is 0 Å². The molecular weight excluding hydrogens is 462 g/mol. The van der Waals surface area contributed by atoms with Gasteiger partial charge in [0.05, 0.1) is 44.6 Å². The number of fused-ring (bicyclic) bond motifs is 3. The summed E-state index contributed by atoms with van der Waals surface area (Å²) in [5.41, 5.74) is -0.705. The molecule has 1 saturated carbocycles. The molecule has 2 fully saturated rings. The van der Waals surface area contributed by atoms with Gasteiger partial charge in [0.2, 0.25) is 5.91 Å². The van der Waals surface area contributed by atoms with Crippen molar-refractivity contribution < 1.29 is 33.4 Å². The summed E-state index contributed by atoms with van der Waals surface area (Å²) in [5, 5.41) is 0. The minimum atomic E-state index is -0.742. The van der Waals surface area contributed by atoms with Crippen LogP contribution in [0, 0.1) is 29.1 Å². The first-order valence-electron chi connectivity index (χ1n) is 13.2. The minimum Gasteiger partial charge on any atom is -0.469 e. The van der Waals surface area contributed by atoms with E-state index in [1.807, 2.05) is 12.2 Å². The van der Waals surface area contributed by atoms with E-state index in [0.717, 1.165) is 19.3 Å². The summed E-state index contributed by atoms with van der Waals surface area (Å²) in [6, 6.07) is -0.599. The molecule has 0 unspecified atom stereocenters. The fourth-order valence-corrected chi connectivity index (χ4v) is 5.87. The highest BCUT2D eigenvalue weighted by Gasteiger charge is 2.69. The quantitative estimate of drug-likeness (QED) is 0.426. The Balaban J connectivity index is 1.87. The predicted molar refractivity (Wildman–Crippen MR) is 134 cm³/mol. The topological polar surface area (TPSA) is 99.2 Å². The van der Waals surface area contributed by atoms with Gasteiger partial charge in [0.25, 0.3) is 0 Å². The van der Waals surface area contributed by atoms with E-state index >= 15 is 0 Å². The third-order valence-corrected chi connectivity index (χ3v) is 7.86. The van der Waals surface area contributed by atoms with Crippen LogP contribution in [0.25, 0.3) is 0 Å². The summed E-state index contributed by atoms with van der Waals surface area (Å²) in [6.07, 6.45) is 6.98. The zero-order chi connectivity index (χ0) is 26.7. The third kappa shape index (κ3) is 6.75. The van der Waals surface area contributed by atoms with Gasteiger partial charge < -0.3 is 19.1 Å². The number of piperidine rings is 1. The Labute approximate surface area is 215 Å². The molecule has 5 atom stereocenters. The monoisotopic (exact) mass is 505 g/mol. The summed E-state index contributed by atoms with van der Waals surface area (Å²) in [6.45, 7) is 10.5. The Kier molecular flexibility index (Phi) is 9.02. The molecule has 1 aliphatic carbocycles. The van der Waals surface area contributed by atoms with Crippen molar-refractivity contribution in [1.29, 1.82) is 0 Å². The van der Waals surface area contributed by atoms with Crippen LogP contribution in [0.3, 0.4) is 0 Å². The number of ketones is 1. The second kappa shape index (κ2) is 11.4. The second-order valence-corrected chi connectivity index (χ2v) is 12.1. The molecule has 0 radical (unpaired) electrons. The van der Waals surface area contributed by atoms with E-state index in [0.29, 0.717) is 19.6 Å². The van der Waals surface area contributed by atoms with Gasteiger partial charge in [-0.25, -0.2) is 0 Å². The van der Waals surface area contributed by atoms with E-state index in [9.17, 15) is 19.2 Å². The highest BCUT2D eigenvalue weighted by Crippen LogP contribution is 2.65. The Morgan fingerprint density at radius 2 is 1.89 bits per heavy atom. The van der Waals surface area contributed by atoms with Gasteiger partial charge in [-0.05, 0) is 57.3 Å². The van der Waals surface area contributed by atoms with Crippen LogP contribution in [-0.4, -0.2) is 67.0 Å². The lowest BCUT2D eigenvalue weighted by Gasteiger charge is -2.33. The average molecular weight is 506 g/mol. The van der Waals surface area contributed by atoms with Crippen LogP contribution in [0.15, 0.2) is 12.2 Å². The lowest BCUT2D eigenvalue weighted by molar-refractivity contribution is -0.160. The summed E-state index contributed by atoms with van der Waals surface area (Å²) < 4.78 is 16.3. The van der Waals surface area contributed by atoms with Crippen LogP contribution in [0.1, 0.15) is 73.1 Å². The van der Waals surface area contributed by atoms with Gasteiger partial charge in [0, 0.05) is 13.0 Å². The van der Waals surface area contributed by atoms with Gasteiger partial charge in [-0.3, -0.25) is 19.2 Å². The first-order valence-corrected chi connectivity index (χ1v) is 13.2. The molecule has 8 nitrogen and oxygen atoms in total. The molecule has 0 bridgehead atoms. The molecule has 36 heavy (non-hydrogen) atoms. The van der Waals surface area contributed by atoms with Crippen LogP contribution in [0.2, 0.25) is 0 Å². The van der Waals surface area contributed by atoms with E-state index < -0.39 is 29.4 Å². The summed E-state index contributed by atoms with van der Waals surface area (Å²) in [7, 11) is 1.35. The van der Waals surface area contributed by atoms with Gasteiger partial charge in [-0.1, -0.05) is 32.4 Å². The predicted octanol–water partition coefficient (Wildman–Crippen LogP) is 3.71. The number of esters is 2. The molecule has 202 valence electrons. The molecule has 0 spiro atoms. The zero-order valence-electron chi connectivity index (χ0n) is 22.7. The molecule has 0 N–H and O–H groups in total. The van der Waals surface area contributed by atoms with E-state index in [4.69, 9.17) is 14.2 Å².